The number of nitrogens with one attached hydrogen (secondary N) is 2. The molecule has 0 fully saturated rings. The van der Waals surface area contributed by atoms with Gasteiger partial charge in [0.1, 0.15) is 15.6 Å². The van der Waals surface area contributed by atoms with E-state index in [0.717, 1.165) is 22.4 Å². The van der Waals surface area contributed by atoms with Gasteiger partial charge in [0.15, 0.2) is 0 Å². The Morgan fingerprint density at radius 2 is 1.83 bits per heavy atom. The molecule has 1 aromatic heterocycles. The molecule has 0 atom stereocenters. The van der Waals surface area contributed by atoms with Crippen molar-refractivity contribution >= 4 is 38.6 Å². The molecule has 1 heterocycles. The summed E-state index contributed by atoms with van der Waals surface area (Å²) in [5, 5.41) is 3.62. The third-order valence-electron chi connectivity index (χ3n) is 4.37. The van der Waals surface area contributed by atoms with Gasteiger partial charge in [-0.3, -0.25) is 9.52 Å². The third-order valence-corrected chi connectivity index (χ3v) is 6.15. The highest BCUT2D eigenvalue weighted by atomic mass is 32.2. The first kappa shape index (κ1) is 21.8. The van der Waals surface area contributed by atoms with Gasteiger partial charge in [0.25, 0.3) is 5.91 Å². The number of aryl methyl sites for hydroxylation is 3. The van der Waals surface area contributed by atoms with Crippen molar-refractivity contribution in [2.24, 2.45) is 0 Å². The van der Waals surface area contributed by atoms with Crippen molar-refractivity contribution in [1.82, 2.24) is 4.98 Å². The van der Waals surface area contributed by atoms with Crippen LogP contribution >= 0.6 is 11.3 Å². The number of aromatic nitrogens is 1. The van der Waals surface area contributed by atoms with Gasteiger partial charge in [-0.15, -0.1) is 11.3 Å². The van der Waals surface area contributed by atoms with E-state index in [1.54, 1.807) is 19.1 Å². The highest BCUT2D eigenvalue weighted by Gasteiger charge is 2.18. The van der Waals surface area contributed by atoms with Gasteiger partial charge in [0.05, 0.1) is 24.7 Å². The van der Waals surface area contributed by atoms with Crippen LogP contribution in [0.5, 0.6) is 5.75 Å². The molecule has 0 aliphatic carbocycles. The molecule has 9 heteroatoms. The molecule has 0 unspecified atom stereocenters. The SMILES string of the molecule is COc1cc(NC(=O)c2sc(-c3ccc(C)cc3C)nc2C)ccc1NS(C)(=O)=O. The fraction of sp³-hybridized carbons (Fsp3) is 0.238. The Hall–Kier alpha value is -2.91. The molecule has 0 spiro atoms. The fourth-order valence-electron chi connectivity index (χ4n) is 3.02. The zero-order valence-electron chi connectivity index (χ0n) is 17.4. The smallest absolute Gasteiger partial charge is 0.267 e. The normalized spacial score (nSPS) is 11.2. The van der Waals surface area contributed by atoms with Gasteiger partial charge >= 0.3 is 0 Å². The highest BCUT2D eigenvalue weighted by molar-refractivity contribution is 7.92. The molecule has 0 aliphatic rings. The Kier molecular flexibility index (Phi) is 6.14. The molecule has 158 valence electrons. The summed E-state index contributed by atoms with van der Waals surface area (Å²) in [5.74, 6) is 0.0158. The topological polar surface area (TPSA) is 97.4 Å². The van der Waals surface area contributed by atoms with Crippen LogP contribution in [0.15, 0.2) is 36.4 Å². The van der Waals surface area contributed by atoms with Gasteiger partial charge in [-0.25, -0.2) is 13.4 Å². The van der Waals surface area contributed by atoms with Gasteiger partial charge in [-0.2, -0.15) is 0 Å². The second-order valence-corrected chi connectivity index (χ2v) is 9.74. The molecule has 2 N–H and O–H groups in total. The molecule has 0 radical (unpaired) electrons. The number of sulfonamides is 1. The van der Waals surface area contributed by atoms with Crippen LogP contribution in [0.4, 0.5) is 11.4 Å². The van der Waals surface area contributed by atoms with Crippen LogP contribution in [0.25, 0.3) is 10.6 Å². The molecule has 3 aromatic rings. The lowest BCUT2D eigenvalue weighted by Crippen LogP contribution is -2.13. The Labute approximate surface area is 180 Å². The minimum absolute atomic E-state index is 0.285. The number of carbonyl (C=O) groups is 1. The molecule has 1 amide bonds. The van der Waals surface area contributed by atoms with Crippen molar-refractivity contribution in [2.75, 3.05) is 23.4 Å². The first-order valence-electron chi connectivity index (χ1n) is 9.09. The van der Waals surface area contributed by atoms with Gasteiger partial charge in [-0.1, -0.05) is 23.8 Å². The molecule has 30 heavy (non-hydrogen) atoms. The number of nitrogens with zero attached hydrogens (tertiary/aromatic N) is 1. The van der Waals surface area contributed by atoms with Crippen molar-refractivity contribution in [3.8, 4) is 16.3 Å². The lowest BCUT2D eigenvalue weighted by Gasteiger charge is -2.12. The molecule has 0 saturated carbocycles. The molecule has 3 rings (SSSR count). The number of hydrogen-bond acceptors (Lipinski definition) is 6. The van der Waals surface area contributed by atoms with Gasteiger partial charge in [-0.05, 0) is 38.5 Å². The van der Waals surface area contributed by atoms with E-state index in [4.69, 9.17) is 4.74 Å². The largest absolute Gasteiger partial charge is 0.494 e. The number of rotatable bonds is 6. The zero-order chi connectivity index (χ0) is 22.1. The van der Waals surface area contributed by atoms with E-state index in [9.17, 15) is 13.2 Å². The number of methoxy groups -OCH3 is 1. The average molecular weight is 446 g/mol. The predicted molar refractivity (Wildman–Crippen MR) is 121 cm³/mol. The Morgan fingerprint density at radius 1 is 1.10 bits per heavy atom. The maximum atomic E-state index is 12.8. The number of thiazole rings is 1. The first-order chi connectivity index (χ1) is 14.1. The standard InChI is InChI=1S/C21H23N3O4S2/c1-12-6-8-16(13(2)10-12)21-22-14(3)19(29-21)20(25)23-15-7-9-17(18(11-15)28-4)24-30(5,26)27/h6-11,24H,1-5H3,(H,23,25). The molecule has 7 nitrogen and oxygen atoms in total. The zero-order valence-corrected chi connectivity index (χ0v) is 19.0. The van der Waals surface area contributed by atoms with Crippen molar-refractivity contribution < 1.29 is 17.9 Å². The van der Waals surface area contributed by atoms with Crippen LogP contribution in [-0.2, 0) is 10.0 Å². The summed E-state index contributed by atoms with van der Waals surface area (Å²) < 4.78 is 30.6. The van der Waals surface area contributed by atoms with Gasteiger partial charge in [0.2, 0.25) is 10.0 Å². The Balaban J connectivity index is 1.85. The summed E-state index contributed by atoms with van der Waals surface area (Å²) in [6.07, 6.45) is 1.06. The number of hydrogen-bond donors (Lipinski definition) is 2. The van der Waals surface area contributed by atoms with Crippen LogP contribution in [0, 0.1) is 20.8 Å². The summed E-state index contributed by atoms with van der Waals surface area (Å²) in [7, 11) is -2.02. The van der Waals surface area contributed by atoms with Crippen molar-refractivity contribution in [1.29, 1.82) is 0 Å². The van der Waals surface area contributed by atoms with E-state index in [1.165, 1.54) is 30.1 Å². The monoisotopic (exact) mass is 445 g/mol. The summed E-state index contributed by atoms with van der Waals surface area (Å²) in [4.78, 5) is 17.9. The number of ether oxygens (including phenoxy) is 1. The van der Waals surface area contributed by atoms with E-state index in [1.807, 2.05) is 26.0 Å². The first-order valence-corrected chi connectivity index (χ1v) is 11.8. The van der Waals surface area contributed by atoms with Crippen LogP contribution in [0.1, 0.15) is 26.5 Å². The summed E-state index contributed by atoms with van der Waals surface area (Å²) in [6, 6.07) is 10.8. The van der Waals surface area contributed by atoms with Crippen LogP contribution in [0.3, 0.4) is 0 Å². The van der Waals surface area contributed by atoms with Crippen molar-refractivity contribution in [3.05, 3.63) is 58.1 Å². The maximum absolute atomic E-state index is 12.8. The van der Waals surface area contributed by atoms with Gasteiger partial charge in [0, 0.05) is 17.3 Å². The molecule has 0 saturated heterocycles. The number of anilines is 2. The quantitative estimate of drug-likeness (QED) is 0.587. The molecule has 0 bridgehead atoms. The molecule has 0 aliphatic heterocycles. The van der Waals surface area contributed by atoms with E-state index < -0.39 is 10.0 Å². The van der Waals surface area contributed by atoms with E-state index in [0.29, 0.717) is 27.7 Å². The van der Waals surface area contributed by atoms with Crippen LogP contribution in [0.2, 0.25) is 0 Å². The molecular formula is C21H23N3O4S2. The van der Waals surface area contributed by atoms with E-state index >= 15 is 0 Å². The number of benzene rings is 2. The number of amides is 1. The third kappa shape index (κ3) is 4.98. The lowest BCUT2D eigenvalue weighted by molar-refractivity contribution is 0.103. The minimum atomic E-state index is -3.45. The Morgan fingerprint density at radius 3 is 2.47 bits per heavy atom. The van der Waals surface area contributed by atoms with Gasteiger partial charge < -0.3 is 10.1 Å². The van der Waals surface area contributed by atoms with Crippen LogP contribution in [-0.4, -0.2) is 32.7 Å². The highest BCUT2D eigenvalue weighted by Crippen LogP contribution is 2.32. The summed E-state index contributed by atoms with van der Waals surface area (Å²) in [5.41, 5.74) is 4.71. The van der Waals surface area contributed by atoms with E-state index in [-0.39, 0.29) is 5.91 Å². The molecular weight excluding hydrogens is 422 g/mol. The van der Waals surface area contributed by atoms with Crippen molar-refractivity contribution in [3.63, 3.8) is 0 Å². The predicted octanol–water partition coefficient (Wildman–Crippen LogP) is 4.37. The summed E-state index contributed by atoms with van der Waals surface area (Å²) in [6.45, 7) is 5.86. The maximum Gasteiger partial charge on any atom is 0.267 e. The second kappa shape index (κ2) is 8.45. The Bertz CT molecular complexity index is 1220. The van der Waals surface area contributed by atoms with Crippen molar-refractivity contribution in [2.45, 2.75) is 20.8 Å². The van der Waals surface area contributed by atoms with Crippen LogP contribution < -0.4 is 14.8 Å². The average Bonchev–Trinajstić information content (AvgIpc) is 3.03. The van der Waals surface area contributed by atoms with E-state index in [2.05, 4.69) is 21.1 Å². The fourth-order valence-corrected chi connectivity index (χ4v) is 4.64. The second-order valence-electron chi connectivity index (χ2n) is 7.00. The minimum Gasteiger partial charge on any atom is -0.494 e. The number of carbonyl (C=O) groups excluding carboxylic acids is 1. The summed E-state index contributed by atoms with van der Waals surface area (Å²) >= 11 is 1.33. The molecule has 2 aromatic carbocycles. The lowest BCUT2D eigenvalue weighted by atomic mass is 10.1.